The van der Waals surface area contributed by atoms with E-state index >= 15 is 0 Å². The molecule has 0 aliphatic heterocycles. The van der Waals surface area contributed by atoms with Crippen molar-refractivity contribution < 1.29 is 13.2 Å². The molecule has 1 amide bonds. The SMILES string of the molecule is CSC(=NC1CCC(CNS(=O)(=O)C(C)(C)C)CC1)NC(=O)c1ccccc1. The largest absolute Gasteiger partial charge is 0.301 e. The van der Waals surface area contributed by atoms with Crippen molar-refractivity contribution in [1.29, 1.82) is 0 Å². The first-order chi connectivity index (χ1) is 13.1. The molecule has 1 aromatic rings. The number of nitrogens with zero attached hydrogens (tertiary/aromatic N) is 1. The number of rotatable bonds is 5. The van der Waals surface area contributed by atoms with Crippen LogP contribution in [0.3, 0.4) is 0 Å². The third-order valence-electron chi connectivity index (χ3n) is 4.93. The molecule has 2 N–H and O–H groups in total. The third kappa shape index (κ3) is 6.60. The predicted octanol–water partition coefficient (Wildman–Crippen LogP) is 3.41. The molecule has 28 heavy (non-hydrogen) atoms. The van der Waals surface area contributed by atoms with Crippen LogP contribution in [-0.2, 0) is 10.0 Å². The summed E-state index contributed by atoms with van der Waals surface area (Å²) in [6.45, 7) is 5.59. The highest BCUT2D eigenvalue weighted by Gasteiger charge is 2.30. The Balaban J connectivity index is 1.85. The lowest BCUT2D eigenvalue weighted by atomic mass is 9.86. The number of amidine groups is 1. The summed E-state index contributed by atoms with van der Waals surface area (Å²) in [5, 5.41) is 3.52. The van der Waals surface area contributed by atoms with Gasteiger partial charge in [0.05, 0.1) is 10.8 Å². The molecule has 8 heteroatoms. The van der Waals surface area contributed by atoms with Crippen molar-refractivity contribution in [1.82, 2.24) is 10.0 Å². The Kier molecular flexibility index (Phi) is 8.09. The predicted molar refractivity (Wildman–Crippen MR) is 117 cm³/mol. The van der Waals surface area contributed by atoms with Crippen LogP contribution in [0.5, 0.6) is 0 Å². The zero-order valence-electron chi connectivity index (χ0n) is 17.1. The van der Waals surface area contributed by atoms with Gasteiger partial charge in [-0.15, -0.1) is 0 Å². The van der Waals surface area contributed by atoms with Gasteiger partial charge in [0, 0.05) is 12.1 Å². The summed E-state index contributed by atoms with van der Waals surface area (Å²) < 4.78 is 26.3. The van der Waals surface area contributed by atoms with Crippen molar-refractivity contribution >= 4 is 32.9 Å². The van der Waals surface area contributed by atoms with Gasteiger partial charge in [-0.25, -0.2) is 13.1 Å². The molecule has 0 aromatic heterocycles. The number of aliphatic imine (C=N–C) groups is 1. The Hall–Kier alpha value is -1.38. The molecule has 0 spiro atoms. The first kappa shape index (κ1) is 22.9. The van der Waals surface area contributed by atoms with E-state index in [9.17, 15) is 13.2 Å². The maximum atomic E-state index is 12.3. The molecule has 6 nitrogen and oxygen atoms in total. The van der Waals surface area contributed by atoms with Gasteiger partial charge < -0.3 is 5.32 Å². The number of hydrogen-bond acceptors (Lipinski definition) is 5. The molecule has 0 saturated heterocycles. The van der Waals surface area contributed by atoms with Crippen molar-refractivity contribution in [3.8, 4) is 0 Å². The number of thioether (sulfide) groups is 1. The van der Waals surface area contributed by atoms with Gasteiger partial charge in [0.25, 0.3) is 5.91 Å². The molecule has 156 valence electrons. The zero-order valence-corrected chi connectivity index (χ0v) is 18.7. The fourth-order valence-corrected chi connectivity index (χ4v) is 4.32. The van der Waals surface area contributed by atoms with Crippen molar-refractivity contribution in [3.05, 3.63) is 35.9 Å². The van der Waals surface area contributed by atoms with E-state index in [1.54, 1.807) is 32.9 Å². The lowest BCUT2D eigenvalue weighted by molar-refractivity contribution is 0.0977. The highest BCUT2D eigenvalue weighted by molar-refractivity contribution is 8.13. The van der Waals surface area contributed by atoms with Gasteiger partial charge in [-0.3, -0.25) is 9.79 Å². The van der Waals surface area contributed by atoms with Gasteiger partial charge in [-0.1, -0.05) is 30.0 Å². The van der Waals surface area contributed by atoms with E-state index in [0.29, 0.717) is 23.2 Å². The normalized spacial score (nSPS) is 21.4. The fourth-order valence-electron chi connectivity index (χ4n) is 2.98. The molecule has 0 bridgehead atoms. The molecule has 1 aliphatic rings. The number of amides is 1. The Bertz CT molecular complexity index is 779. The first-order valence-electron chi connectivity index (χ1n) is 9.60. The molecule has 0 heterocycles. The average molecular weight is 426 g/mol. The van der Waals surface area contributed by atoms with Crippen LogP contribution < -0.4 is 10.0 Å². The molecular weight excluding hydrogens is 394 g/mol. The Morgan fingerprint density at radius 3 is 2.29 bits per heavy atom. The topological polar surface area (TPSA) is 87.6 Å². The van der Waals surface area contributed by atoms with Crippen molar-refractivity contribution in [3.63, 3.8) is 0 Å². The van der Waals surface area contributed by atoms with E-state index in [1.165, 1.54) is 11.8 Å². The number of sulfonamides is 1. The maximum absolute atomic E-state index is 12.3. The highest BCUT2D eigenvalue weighted by Crippen LogP contribution is 2.27. The smallest absolute Gasteiger partial charge is 0.257 e. The second-order valence-corrected chi connectivity index (χ2v) is 11.4. The van der Waals surface area contributed by atoms with Crippen LogP contribution in [0.25, 0.3) is 0 Å². The van der Waals surface area contributed by atoms with Gasteiger partial charge in [0.1, 0.15) is 0 Å². The number of carbonyl (C=O) groups excluding carboxylic acids is 1. The van der Waals surface area contributed by atoms with Crippen molar-refractivity contribution in [2.24, 2.45) is 10.9 Å². The van der Waals surface area contributed by atoms with Gasteiger partial charge >= 0.3 is 0 Å². The Morgan fingerprint density at radius 2 is 1.75 bits per heavy atom. The summed E-state index contributed by atoms with van der Waals surface area (Å²) in [5.74, 6) is 0.180. The first-order valence-corrected chi connectivity index (χ1v) is 12.3. The van der Waals surface area contributed by atoms with Crippen LogP contribution in [0.2, 0.25) is 0 Å². The molecule has 1 aromatic carbocycles. The highest BCUT2D eigenvalue weighted by atomic mass is 32.2. The average Bonchev–Trinajstić information content (AvgIpc) is 2.66. The number of nitrogens with one attached hydrogen (secondary N) is 2. The molecule has 1 fully saturated rings. The molecule has 1 aliphatic carbocycles. The molecule has 0 atom stereocenters. The van der Waals surface area contributed by atoms with E-state index in [0.717, 1.165) is 25.7 Å². The van der Waals surface area contributed by atoms with E-state index in [4.69, 9.17) is 4.99 Å². The minimum absolute atomic E-state index is 0.154. The van der Waals surface area contributed by atoms with E-state index in [1.807, 2.05) is 24.5 Å². The molecule has 2 rings (SSSR count). The quantitative estimate of drug-likeness (QED) is 0.559. The standard InChI is InChI=1S/C20H31N3O3S2/c1-20(2,3)28(25,26)21-14-15-10-12-17(13-11-15)22-19(27-4)23-18(24)16-8-6-5-7-9-16/h5-9,15,17,21H,10-14H2,1-4H3,(H,22,23,24). The van der Waals surface area contributed by atoms with Crippen LogP contribution in [0.15, 0.2) is 35.3 Å². The van der Waals surface area contributed by atoms with Crippen molar-refractivity contribution in [2.75, 3.05) is 12.8 Å². The van der Waals surface area contributed by atoms with E-state index < -0.39 is 14.8 Å². The van der Waals surface area contributed by atoms with Gasteiger partial charge in [0.2, 0.25) is 10.0 Å². The minimum Gasteiger partial charge on any atom is -0.301 e. The molecular formula is C20H31N3O3S2. The fraction of sp³-hybridized carbons (Fsp3) is 0.600. The van der Waals surface area contributed by atoms with Crippen LogP contribution >= 0.6 is 11.8 Å². The number of benzene rings is 1. The lowest BCUT2D eigenvalue weighted by Crippen LogP contribution is -2.42. The third-order valence-corrected chi connectivity index (χ3v) is 7.69. The monoisotopic (exact) mass is 425 g/mol. The van der Waals surface area contributed by atoms with Gasteiger partial charge in [-0.2, -0.15) is 0 Å². The van der Waals surface area contributed by atoms with E-state index in [-0.39, 0.29) is 11.9 Å². The Morgan fingerprint density at radius 1 is 1.14 bits per heavy atom. The van der Waals surface area contributed by atoms with Crippen LogP contribution in [0, 0.1) is 5.92 Å². The number of hydrogen-bond donors (Lipinski definition) is 2. The summed E-state index contributed by atoms with van der Waals surface area (Å²) in [6, 6.07) is 9.25. The molecule has 0 radical (unpaired) electrons. The van der Waals surface area contributed by atoms with Crippen LogP contribution in [-0.4, -0.2) is 43.1 Å². The minimum atomic E-state index is -3.30. The summed E-state index contributed by atoms with van der Waals surface area (Å²) in [7, 11) is -3.30. The van der Waals surface area contributed by atoms with E-state index in [2.05, 4.69) is 10.0 Å². The Labute approximate surface area is 173 Å². The summed E-state index contributed by atoms with van der Waals surface area (Å²) in [6.07, 6.45) is 5.54. The number of carbonyl (C=O) groups is 1. The maximum Gasteiger partial charge on any atom is 0.257 e. The van der Waals surface area contributed by atoms with Crippen LogP contribution in [0.1, 0.15) is 56.8 Å². The zero-order chi connectivity index (χ0) is 20.8. The van der Waals surface area contributed by atoms with Gasteiger partial charge in [0.15, 0.2) is 5.17 Å². The second-order valence-electron chi connectivity index (χ2n) is 8.10. The van der Waals surface area contributed by atoms with Crippen molar-refractivity contribution in [2.45, 2.75) is 57.2 Å². The second kappa shape index (κ2) is 9.89. The van der Waals surface area contributed by atoms with Gasteiger partial charge in [-0.05, 0) is 70.8 Å². The molecule has 0 unspecified atom stereocenters. The summed E-state index contributed by atoms with van der Waals surface area (Å²) in [4.78, 5) is 17.0. The lowest BCUT2D eigenvalue weighted by Gasteiger charge is -2.28. The molecule has 1 saturated carbocycles. The summed E-state index contributed by atoms with van der Waals surface area (Å²) >= 11 is 1.43. The van der Waals surface area contributed by atoms with Crippen LogP contribution in [0.4, 0.5) is 0 Å². The summed E-state index contributed by atoms with van der Waals surface area (Å²) in [5.41, 5.74) is 0.610.